The average Bonchev–Trinajstić information content (AvgIpc) is 3.26. The Labute approximate surface area is 210 Å². The number of benzene rings is 1. The van der Waals surface area contributed by atoms with Gasteiger partial charge in [0.1, 0.15) is 17.3 Å². The summed E-state index contributed by atoms with van der Waals surface area (Å²) in [4.78, 5) is 33.9. The van der Waals surface area contributed by atoms with Crippen LogP contribution in [0.15, 0.2) is 18.2 Å². The first kappa shape index (κ1) is 26.3. The number of anilines is 2. The molecule has 4 rings (SSSR count). The van der Waals surface area contributed by atoms with Gasteiger partial charge in [0.15, 0.2) is 11.4 Å². The fourth-order valence-corrected chi connectivity index (χ4v) is 4.43. The molecule has 16 heteroatoms. The molecule has 0 radical (unpaired) electrons. The van der Waals surface area contributed by atoms with Crippen LogP contribution < -0.4 is 11.1 Å². The third kappa shape index (κ3) is 4.16. The number of carbonyl (C=O) groups excluding carboxylic acids is 1. The monoisotopic (exact) mass is 547 g/mol. The van der Waals surface area contributed by atoms with Gasteiger partial charge in [0.2, 0.25) is 0 Å². The number of nitrogen functional groups attached to an aromatic ring is 1. The summed E-state index contributed by atoms with van der Waals surface area (Å²) >= 11 is 6.01. The Kier molecular flexibility index (Phi) is 6.17. The molecule has 3 heterocycles. The summed E-state index contributed by atoms with van der Waals surface area (Å²) in [6.07, 6.45) is -8.70. The van der Waals surface area contributed by atoms with Crippen molar-refractivity contribution in [1.82, 2.24) is 24.6 Å². The Bertz CT molecular complexity index is 1430. The first-order valence-electron chi connectivity index (χ1n) is 10.7. The van der Waals surface area contributed by atoms with Gasteiger partial charge in [0.25, 0.3) is 5.91 Å². The van der Waals surface area contributed by atoms with Crippen LogP contribution in [0.3, 0.4) is 0 Å². The fraction of sp³-hybridized carbons (Fsp3) is 0.381. The van der Waals surface area contributed by atoms with Gasteiger partial charge >= 0.3 is 18.2 Å². The van der Waals surface area contributed by atoms with E-state index < -0.39 is 42.6 Å². The quantitative estimate of drug-likeness (QED) is 0.386. The number of aromatic nitrogens is 4. The number of hydrogen-bond acceptors (Lipinski definition) is 6. The van der Waals surface area contributed by atoms with Crippen LogP contribution in [0.2, 0.25) is 5.02 Å². The number of carbonyl (C=O) groups is 2. The van der Waals surface area contributed by atoms with Crippen molar-refractivity contribution in [3.63, 3.8) is 0 Å². The van der Waals surface area contributed by atoms with Crippen LogP contribution in [0.25, 0.3) is 22.4 Å². The van der Waals surface area contributed by atoms with Gasteiger partial charge in [-0.05, 0) is 32.0 Å². The molecular formula is C21H19ClF5N7O3. The summed E-state index contributed by atoms with van der Waals surface area (Å²) in [6, 6.07) is 4.24. The normalized spacial score (nSPS) is 17.7. The molecule has 2 amide bonds. The van der Waals surface area contributed by atoms with Crippen LogP contribution in [-0.2, 0) is 16.9 Å². The van der Waals surface area contributed by atoms with Crippen molar-refractivity contribution in [2.24, 2.45) is 0 Å². The fourth-order valence-electron chi connectivity index (χ4n) is 4.27. The standard InChI is InChI=1S/C21H19ClF5N7O3/c1-3-33(18(36)37)19(2)12-14(28)29-16(30-15(12)31-17(19)35)13-10-5-4-9(22)8-11(10)34(32-13)7-6-20(23,24)21(25,26)27/h4-5,8H,3,6-7H2,1-2H3,(H,36,37)(H3,28,29,30,31,35). The van der Waals surface area contributed by atoms with E-state index >= 15 is 0 Å². The molecule has 1 atom stereocenters. The molecule has 1 aromatic carbocycles. The molecule has 3 aromatic rings. The van der Waals surface area contributed by atoms with E-state index in [2.05, 4.69) is 20.4 Å². The molecule has 1 unspecified atom stereocenters. The van der Waals surface area contributed by atoms with Crippen molar-refractivity contribution in [3.05, 3.63) is 28.8 Å². The molecule has 0 spiro atoms. The first-order chi connectivity index (χ1) is 17.1. The molecule has 0 saturated carbocycles. The summed E-state index contributed by atoms with van der Waals surface area (Å²) < 4.78 is 66.1. The van der Waals surface area contributed by atoms with Gasteiger partial charge in [-0.15, -0.1) is 0 Å². The summed E-state index contributed by atoms with van der Waals surface area (Å²) in [7, 11) is 0. The van der Waals surface area contributed by atoms with Crippen molar-refractivity contribution < 1.29 is 36.6 Å². The van der Waals surface area contributed by atoms with Crippen molar-refractivity contribution in [2.75, 3.05) is 17.6 Å². The minimum absolute atomic E-state index is 0.0158. The van der Waals surface area contributed by atoms with Gasteiger partial charge in [-0.2, -0.15) is 27.1 Å². The Morgan fingerprint density at radius 2 is 1.95 bits per heavy atom. The number of halogens is 6. The number of alkyl halides is 5. The third-order valence-electron chi connectivity index (χ3n) is 6.16. The van der Waals surface area contributed by atoms with E-state index in [-0.39, 0.29) is 51.2 Å². The van der Waals surface area contributed by atoms with Crippen LogP contribution in [0.1, 0.15) is 25.8 Å². The number of likely N-dealkylation sites (N-methyl/N-ethyl adjacent to an activating group) is 1. The number of nitrogens with zero attached hydrogens (tertiary/aromatic N) is 5. The van der Waals surface area contributed by atoms with Gasteiger partial charge in [-0.3, -0.25) is 14.4 Å². The molecule has 1 aliphatic rings. The predicted octanol–water partition coefficient (Wildman–Crippen LogP) is 4.48. The summed E-state index contributed by atoms with van der Waals surface area (Å²) in [5, 5.41) is 16.7. The lowest BCUT2D eigenvalue weighted by Crippen LogP contribution is -2.51. The molecule has 0 bridgehead atoms. The van der Waals surface area contributed by atoms with E-state index in [1.54, 1.807) is 0 Å². The number of hydrogen-bond donors (Lipinski definition) is 3. The largest absolute Gasteiger partial charge is 0.465 e. The Balaban J connectivity index is 1.83. The second kappa shape index (κ2) is 8.68. The zero-order chi connectivity index (χ0) is 27.5. The van der Waals surface area contributed by atoms with Crippen molar-refractivity contribution in [1.29, 1.82) is 0 Å². The van der Waals surface area contributed by atoms with Gasteiger partial charge in [-0.25, -0.2) is 14.8 Å². The zero-order valence-corrected chi connectivity index (χ0v) is 20.0. The third-order valence-corrected chi connectivity index (χ3v) is 6.40. The van der Waals surface area contributed by atoms with E-state index in [0.717, 1.165) is 9.58 Å². The highest BCUT2D eigenvalue weighted by Crippen LogP contribution is 2.44. The molecule has 4 N–H and O–H groups in total. The highest BCUT2D eigenvalue weighted by molar-refractivity contribution is 6.31. The van der Waals surface area contributed by atoms with Crippen LogP contribution in [-0.4, -0.2) is 60.4 Å². The van der Waals surface area contributed by atoms with Crippen LogP contribution in [0, 0.1) is 0 Å². The van der Waals surface area contributed by atoms with E-state index in [4.69, 9.17) is 17.3 Å². The summed E-state index contributed by atoms with van der Waals surface area (Å²) in [6.45, 7) is 2.00. The number of nitrogens with one attached hydrogen (secondary N) is 1. The first-order valence-corrected chi connectivity index (χ1v) is 11.1. The predicted molar refractivity (Wildman–Crippen MR) is 122 cm³/mol. The SMILES string of the molecule is CCN(C(=O)O)C1(C)C(=O)Nc2nc(-c3nn(CCC(F)(F)C(F)(F)F)c4cc(Cl)ccc34)nc(N)c21. The maximum absolute atomic E-state index is 13.6. The smallest absolute Gasteiger partial charge is 0.453 e. The van der Waals surface area contributed by atoms with Gasteiger partial charge < -0.3 is 16.2 Å². The van der Waals surface area contributed by atoms with E-state index in [1.165, 1.54) is 32.0 Å². The molecule has 0 fully saturated rings. The maximum Gasteiger partial charge on any atom is 0.453 e. The minimum atomic E-state index is -5.73. The van der Waals surface area contributed by atoms with Gasteiger partial charge in [-0.1, -0.05) is 11.6 Å². The second-order valence-corrected chi connectivity index (χ2v) is 8.83. The highest BCUT2D eigenvalue weighted by Gasteiger charge is 2.57. The summed E-state index contributed by atoms with van der Waals surface area (Å²) in [5.74, 6) is -6.19. The molecule has 2 aromatic heterocycles. The van der Waals surface area contributed by atoms with Crippen LogP contribution >= 0.6 is 11.6 Å². The van der Waals surface area contributed by atoms with Gasteiger partial charge in [0.05, 0.1) is 11.1 Å². The number of nitrogens with two attached hydrogens (primary N) is 1. The number of rotatable bonds is 6. The molecule has 37 heavy (non-hydrogen) atoms. The number of aryl methyl sites for hydroxylation is 1. The van der Waals surface area contributed by atoms with Crippen molar-refractivity contribution in [2.45, 2.75) is 44.5 Å². The van der Waals surface area contributed by atoms with Crippen LogP contribution in [0.5, 0.6) is 0 Å². The lowest BCUT2D eigenvalue weighted by atomic mass is 9.93. The highest BCUT2D eigenvalue weighted by atomic mass is 35.5. The lowest BCUT2D eigenvalue weighted by molar-refractivity contribution is -0.285. The maximum atomic E-state index is 13.6. The van der Waals surface area contributed by atoms with Crippen molar-refractivity contribution in [3.8, 4) is 11.5 Å². The average molecular weight is 548 g/mol. The minimum Gasteiger partial charge on any atom is -0.465 e. The van der Waals surface area contributed by atoms with Crippen molar-refractivity contribution >= 4 is 46.1 Å². The van der Waals surface area contributed by atoms with E-state index in [9.17, 15) is 36.6 Å². The molecule has 198 valence electrons. The number of fused-ring (bicyclic) bond motifs is 2. The Hall–Kier alpha value is -3.75. The molecule has 0 aliphatic carbocycles. The molecule has 10 nitrogen and oxygen atoms in total. The topological polar surface area (TPSA) is 139 Å². The summed E-state index contributed by atoms with van der Waals surface area (Å²) in [5.41, 5.74) is 4.53. The molecule has 0 saturated heterocycles. The zero-order valence-electron chi connectivity index (χ0n) is 19.2. The Morgan fingerprint density at radius 1 is 1.27 bits per heavy atom. The second-order valence-electron chi connectivity index (χ2n) is 8.39. The van der Waals surface area contributed by atoms with E-state index in [0.29, 0.717) is 0 Å². The molecular weight excluding hydrogens is 529 g/mol. The lowest BCUT2D eigenvalue weighted by Gasteiger charge is -2.33. The van der Waals surface area contributed by atoms with Gasteiger partial charge in [0, 0.05) is 29.9 Å². The number of carboxylic acid groups (broad SMARTS) is 1. The molecule has 1 aliphatic heterocycles. The number of amides is 2. The van der Waals surface area contributed by atoms with E-state index in [1.807, 2.05) is 0 Å². The van der Waals surface area contributed by atoms with Crippen LogP contribution in [0.4, 0.5) is 38.4 Å². The Morgan fingerprint density at radius 3 is 2.54 bits per heavy atom.